The Balaban J connectivity index is 1.95. The lowest BCUT2D eigenvalue weighted by Gasteiger charge is -2.12. The van der Waals surface area contributed by atoms with Gasteiger partial charge in [0.1, 0.15) is 5.82 Å². The van der Waals surface area contributed by atoms with Gasteiger partial charge in [-0.05, 0) is 38.1 Å². The van der Waals surface area contributed by atoms with Gasteiger partial charge in [-0.2, -0.15) is 0 Å². The summed E-state index contributed by atoms with van der Waals surface area (Å²) in [6.07, 6.45) is 0. The number of rotatable bonds is 5. The van der Waals surface area contributed by atoms with Crippen molar-refractivity contribution < 1.29 is 9.59 Å². The van der Waals surface area contributed by atoms with E-state index in [0.717, 1.165) is 5.82 Å². The topological polar surface area (TPSA) is 88.9 Å². The van der Waals surface area contributed by atoms with E-state index in [-0.39, 0.29) is 17.1 Å². The highest BCUT2D eigenvalue weighted by atomic mass is 32.2. The third kappa shape index (κ3) is 4.56. The first-order chi connectivity index (χ1) is 10.9. The van der Waals surface area contributed by atoms with Crippen molar-refractivity contribution in [3.05, 3.63) is 30.1 Å². The van der Waals surface area contributed by atoms with Crippen LogP contribution in [0, 0.1) is 6.92 Å². The molecule has 0 saturated heterocycles. The maximum Gasteiger partial charge on any atom is 0.237 e. The number of nitrogens with zero attached hydrogens (tertiary/aromatic N) is 3. The third-order valence-corrected chi connectivity index (χ3v) is 4.31. The molecule has 2 N–H and O–H groups in total. The van der Waals surface area contributed by atoms with Crippen LogP contribution in [0.2, 0.25) is 0 Å². The molecule has 8 heteroatoms. The summed E-state index contributed by atoms with van der Waals surface area (Å²) in [7, 11) is 1.86. The molecule has 2 amide bonds. The Morgan fingerprint density at radius 1 is 1.13 bits per heavy atom. The van der Waals surface area contributed by atoms with Crippen molar-refractivity contribution in [2.24, 2.45) is 7.05 Å². The zero-order chi connectivity index (χ0) is 17.0. The molecule has 0 aliphatic carbocycles. The zero-order valence-corrected chi connectivity index (χ0v) is 14.3. The number of carbonyl (C=O) groups excluding carboxylic acids is 2. The van der Waals surface area contributed by atoms with Gasteiger partial charge in [0.15, 0.2) is 5.16 Å². The number of nitrogens with one attached hydrogen (secondary N) is 2. The van der Waals surface area contributed by atoms with Gasteiger partial charge < -0.3 is 15.2 Å². The molecule has 0 fully saturated rings. The van der Waals surface area contributed by atoms with Crippen molar-refractivity contribution >= 4 is 35.0 Å². The molecule has 0 radical (unpaired) electrons. The Morgan fingerprint density at radius 2 is 1.70 bits per heavy atom. The van der Waals surface area contributed by atoms with Crippen LogP contribution in [0.15, 0.2) is 29.4 Å². The smallest absolute Gasteiger partial charge is 0.237 e. The molecule has 1 heterocycles. The molecule has 2 aromatic rings. The van der Waals surface area contributed by atoms with Crippen molar-refractivity contribution in [1.82, 2.24) is 14.8 Å². The predicted molar refractivity (Wildman–Crippen MR) is 90.4 cm³/mol. The second kappa shape index (κ2) is 7.28. The summed E-state index contributed by atoms with van der Waals surface area (Å²) >= 11 is 1.35. The first kappa shape index (κ1) is 17.0. The molecule has 0 spiro atoms. The Morgan fingerprint density at radius 3 is 2.17 bits per heavy atom. The lowest BCUT2D eigenvalue weighted by atomic mass is 10.2. The number of thioether (sulfide) groups is 1. The van der Waals surface area contributed by atoms with Gasteiger partial charge in [0.2, 0.25) is 11.8 Å². The molecule has 0 aliphatic rings. The van der Waals surface area contributed by atoms with Crippen molar-refractivity contribution in [2.75, 3.05) is 10.6 Å². The minimum Gasteiger partial charge on any atom is -0.326 e. The number of benzene rings is 1. The molecule has 23 heavy (non-hydrogen) atoms. The van der Waals surface area contributed by atoms with Gasteiger partial charge in [-0.1, -0.05) is 11.8 Å². The van der Waals surface area contributed by atoms with Gasteiger partial charge in [0.05, 0.1) is 5.25 Å². The fourth-order valence-corrected chi connectivity index (χ4v) is 2.65. The molecule has 0 bridgehead atoms. The summed E-state index contributed by atoms with van der Waals surface area (Å²) < 4.78 is 1.84. The van der Waals surface area contributed by atoms with Crippen LogP contribution in [0.25, 0.3) is 0 Å². The minimum absolute atomic E-state index is 0.122. The Hall–Kier alpha value is -2.35. The van der Waals surface area contributed by atoms with Crippen molar-refractivity contribution in [1.29, 1.82) is 0 Å². The van der Waals surface area contributed by atoms with E-state index < -0.39 is 0 Å². The van der Waals surface area contributed by atoms with E-state index in [1.807, 2.05) is 25.5 Å². The van der Waals surface area contributed by atoms with Crippen LogP contribution < -0.4 is 10.6 Å². The highest BCUT2D eigenvalue weighted by molar-refractivity contribution is 8.00. The average Bonchev–Trinajstić information content (AvgIpc) is 2.80. The van der Waals surface area contributed by atoms with Gasteiger partial charge in [-0.15, -0.1) is 10.2 Å². The molecule has 0 saturated carbocycles. The Labute approximate surface area is 138 Å². The molecule has 0 unspecified atom stereocenters. The van der Waals surface area contributed by atoms with E-state index in [9.17, 15) is 9.59 Å². The zero-order valence-electron chi connectivity index (χ0n) is 13.5. The Bertz CT molecular complexity index is 711. The Kier molecular flexibility index (Phi) is 5.38. The average molecular weight is 333 g/mol. The molecule has 7 nitrogen and oxygen atoms in total. The SMILES string of the molecule is CC(=O)Nc1ccc(NC(=O)[C@@H](C)Sc2nnc(C)n2C)cc1. The lowest BCUT2D eigenvalue weighted by molar-refractivity contribution is -0.115. The fourth-order valence-electron chi connectivity index (χ4n) is 1.79. The highest BCUT2D eigenvalue weighted by Crippen LogP contribution is 2.22. The van der Waals surface area contributed by atoms with Crippen LogP contribution in [-0.4, -0.2) is 31.8 Å². The van der Waals surface area contributed by atoms with Gasteiger partial charge >= 0.3 is 0 Å². The summed E-state index contributed by atoms with van der Waals surface area (Å²) in [5.74, 6) is 0.544. The molecular weight excluding hydrogens is 314 g/mol. The number of amides is 2. The molecule has 122 valence electrons. The number of hydrogen-bond donors (Lipinski definition) is 2. The van der Waals surface area contributed by atoms with E-state index in [1.165, 1.54) is 18.7 Å². The van der Waals surface area contributed by atoms with Crippen LogP contribution in [0.3, 0.4) is 0 Å². The fraction of sp³-hybridized carbons (Fsp3) is 0.333. The number of hydrogen-bond acceptors (Lipinski definition) is 5. The largest absolute Gasteiger partial charge is 0.326 e. The van der Waals surface area contributed by atoms with E-state index >= 15 is 0 Å². The normalized spacial score (nSPS) is 11.8. The molecule has 0 aliphatic heterocycles. The van der Waals surface area contributed by atoms with Crippen LogP contribution in [0.4, 0.5) is 11.4 Å². The summed E-state index contributed by atoms with van der Waals surface area (Å²) in [6.45, 7) is 5.12. The minimum atomic E-state index is -0.313. The molecule has 1 aromatic carbocycles. The molecular formula is C15H19N5O2S. The van der Waals surface area contributed by atoms with E-state index in [0.29, 0.717) is 16.5 Å². The molecule has 1 atom stereocenters. The quantitative estimate of drug-likeness (QED) is 0.819. The second-order valence-electron chi connectivity index (χ2n) is 5.10. The predicted octanol–water partition coefficient (Wildman–Crippen LogP) is 2.20. The maximum absolute atomic E-state index is 12.2. The van der Waals surface area contributed by atoms with E-state index in [2.05, 4.69) is 20.8 Å². The van der Waals surface area contributed by atoms with E-state index in [1.54, 1.807) is 24.3 Å². The van der Waals surface area contributed by atoms with E-state index in [4.69, 9.17) is 0 Å². The van der Waals surface area contributed by atoms with Crippen LogP contribution in [-0.2, 0) is 16.6 Å². The monoisotopic (exact) mass is 333 g/mol. The van der Waals surface area contributed by atoms with Crippen LogP contribution in [0.5, 0.6) is 0 Å². The first-order valence-electron chi connectivity index (χ1n) is 7.08. The standard InChI is InChI=1S/C15H19N5O2S/c1-9(23-15-19-18-10(2)20(15)4)14(22)17-13-7-5-12(6-8-13)16-11(3)21/h5-9H,1-4H3,(H,16,21)(H,17,22)/t9-/m1/s1. The molecule has 2 rings (SSSR count). The summed E-state index contributed by atoms with van der Waals surface area (Å²) in [5.41, 5.74) is 1.36. The second-order valence-corrected chi connectivity index (χ2v) is 6.40. The number of carbonyl (C=O) groups is 2. The summed E-state index contributed by atoms with van der Waals surface area (Å²) in [4.78, 5) is 23.2. The van der Waals surface area contributed by atoms with Crippen molar-refractivity contribution in [3.8, 4) is 0 Å². The van der Waals surface area contributed by atoms with Gasteiger partial charge in [-0.3, -0.25) is 9.59 Å². The first-order valence-corrected chi connectivity index (χ1v) is 7.96. The summed E-state index contributed by atoms with van der Waals surface area (Å²) in [6, 6.07) is 6.96. The lowest BCUT2D eigenvalue weighted by Crippen LogP contribution is -2.22. The number of anilines is 2. The highest BCUT2D eigenvalue weighted by Gasteiger charge is 2.18. The third-order valence-electron chi connectivity index (χ3n) is 3.18. The van der Waals surface area contributed by atoms with Gasteiger partial charge in [-0.25, -0.2) is 0 Å². The number of aryl methyl sites for hydroxylation is 1. The van der Waals surface area contributed by atoms with Crippen LogP contribution >= 0.6 is 11.8 Å². The van der Waals surface area contributed by atoms with Gasteiger partial charge in [0, 0.05) is 25.3 Å². The van der Waals surface area contributed by atoms with Crippen molar-refractivity contribution in [3.63, 3.8) is 0 Å². The molecule has 1 aromatic heterocycles. The maximum atomic E-state index is 12.2. The summed E-state index contributed by atoms with van der Waals surface area (Å²) in [5, 5.41) is 13.9. The van der Waals surface area contributed by atoms with Gasteiger partial charge in [0.25, 0.3) is 0 Å². The van der Waals surface area contributed by atoms with Crippen LogP contribution in [0.1, 0.15) is 19.7 Å². The van der Waals surface area contributed by atoms with Crippen molar-refractivity contribution in [2.45, 2.75) is 31.2 Å². The number of aromatic nitrogens is 3.